The summed E-state index contributed by atoms with van der Waals surface area (Å²) >= 11 is 2.05. The number of thioether (sulfide) groups is 1. The molecule has 1 aliphatic carbocycles. The number of nitrogens with one attached hydrogen (secondary N) is 2. The summed E-state index contributed by atoms with van der Waals surface area (Å²) in [6.45, 7) is 5.55. The molecule has 0 aromatic heterocycles. The summed E-state index contributed by atoms with van der Waals surface area (Å²) in [6, 6.07) is 8.07. The quantitative estimate of drug-likeness (QED) is 0.272. The summed E-state index contributed by atoms with van der Waals surface area (Å²) in [5.41, 5.74) is 6.14. The lowest BCUT2D eigenvalue weighted by molar-refractivity contribution is -0.119. The van der Waals surface area contributed by atoms with Crippen LogP contribution < -0.4 is 21.1 Å². The van der Waals surface area contributed by atoms with Crippen LogP contribution in [-0.2, 0) is 11.3 Å². The first-order valence-electron chi connectivity index (χ1n) is 9.27. The highest BCUT2D eigenvalue weighted by Gasteiger charge is 2.25. The molecular formula is C19H31IN4O2S. The number of nitrogens with two attached hydrogens (primary N) is 1. The minimum absolute atomic E-state index is 0. The molecule has 1 fully saturated rings. The molecule has 0 spiro atoms. The Morgan fingerprint density at radius 1 is 1.37 bits per heavy atom. The molecule has 0 saturated heterocycles. The molecule has 0 bridgehead atoms. The van der Waals surface area contributed by atoms with Gasteiger partial charge in [0.1, 0.15) is 5.75 Å². The van der Waals surface area contributed by atoms with Crippen molar-refractivity contribution >= 4 is 47.6 Å². The average Bonchev–Trinajstić information content (AvgIpc) is 3.06. The maximum atomic E-state index is 10.8. The zero-order valence-corrected chi connectivity index (χ0v) is 19.2. The summed E-state index contributed by atoms with van der Waals surface area (Å²) in [5, 5.41) is 7.65. The van der Waals surface area contributed by atoms with E-state index < -0.39 is 5.91 Å². The molecule has 0 radical (unpaired) electrons. The third-order valence-corrected chi connectivity index (χ3v) is 5.40. The monoisotopic (exact) mass is 506 g/mol. The summed E-state index contributed by atoms with van der Waals surface area (Å²) in [7, 11) is 0. The number of primary amides is 1. The smallest absolute Gasteiger partial charge is 0.255 e. The van der Waals surface area contributed by atoms with Crippen LogP contribution >= 0.6 is 35.7 Å². The van der Waals surface area contributed by atoms with Crippen LogP contribution in [0.15, 0.2) is 29.3 Å². The number of aliphatic imine (C=N–C) groups is 1. The molecule has 2 unspecified atom stereocenters. The Morgan fingerprint density at radius 2 is 2.19 bits per heavy atom. The van der Waals surface area contributed by atoms with E-state index in [1.165, 1.54) is 25.0 Å². The zero-order chi connectivity index (χ0) is 18.8. The Kier molecular flexibility index (Phi) is 11.6. The summed E-state index contributed by atoms with van der Waals surface area (Å²) < 4.78 is 5.35. The highest BCUT2D eigenvalue weighted by atomic mass is 127. The van der Waals surface area contributed by atoms with Crippen molar-refractivity contribution in [2.45, 2.75) is 50.9 Å². The van der Waals surface area contributed by atoms with Gasteiger partial charge in [-0.05, 0) is 49.6 Å². The molecule has 8 heteroatoms. The highest BCUT2D eigenvalue weighted by Crippen LogP contribution is 2.29. The minimum Gasteiger partial charge on any atom is -0.484 e. The SMILES string of the molecule is CCNC(=NCc1cccc(OCC(N)=O)c1)NC1CCC(SCC)C1.I. The van der Waals surface area contributed by atoms with Gasteiger partial charge in [-0.15, -0.1) is 24.0 Å². The number of hydrogen-bond acceptors (Lipinski definition) is 4. The molecule has 1 aromatic rings. The maximum absolute atomic E-state index is 10.8. The van der Waals surface area contributed by atoms with Crippen molar-refractivity contribution in [3.63, 3.8) is 0 Å². The van der Waals surface area contributed by atoms with Crippen LogP contribution in [0.2, 0.25) is 0 Å². The Hall–Kier alpha value is -1.16. The van der Waals surface area contributed by atoms with Crippen molar-refractivity contribution in [1.29, 1.82) is 0 Å². The zero-order valence-electron chi connectivity index (χ0n) is 16.1. The number of rotatable bonds is 9. The average molecular weight is 506 g/mol. The first-order valence-corrected chi connectivity index (χ1v) is 10.3. The van der Waals surface area contributed by atoms with Crippen LogP contribution in [0, 0.1) is 0 Å². The van der Waals surface area contributed by atoms with Crippen molar-refractivity contribution in [2.75, 3.05) is 18.9 Å². The van der Waals surface area contributed by atoms with Crippen molar-refractivity contribution in [2.24, 2.45) is 10.7 Å². The van der Waals surface area contributed by atoms with Crippen molar-refractivity contribution in [1.82, 2.24) is 10.6 Å². The van der Waals surface area contributed by atoms with Gasteiger partial charge in [0.05, 0.1) is 6.54 Å². The van der Waals surface area contributed by atoms with Gasteiger partial charge in [-0.3, -0.25) is 4.79 Å². The molecule has 152 valence electrons. The predicted octanol–water partition coefficient (Wildman–Crippen LogP) is 2.90. The Balaban J connectivity index is 0.00000364. The van der Waals surface area contributed by atoms with E-state index in [9.17, 15) is 4.79 Å². The third-order valence-electron chi connectivity index (χ3n) is 4.17. The van der Waals surface area contributed by atoms with Gasteiger partial charge < -0.3 is 21.1 Å². The van der Waals surface area contributed by atoms with Gasteiger partial charge in [0.25, 0.3) is 5.91 Å². The first-order chi connectivity index (χ1) is 12.6. The number of amides is 1. The van der Waals surface area contributed by atoms with Crippen LogP contribution in [-0.4, -0.2) is 42.1 Å². The fourth-order valence-corrected chi connectivity index (χ4v) is 4.17. The van der Waals surface area contributed by atoms with Gasteiger partial charge in [0, 0.05) is 17.8 Å². The second-order valence-electron chi connectivity index (χ2n) is 6.33. The number of halogens is 1. The van der Waals surface area contributed by atoms with E-state index in [-0.39, 0.29) is 30.6 Å². The summed E-state index contributed by atoms with van der Waals surface area (Å²) in [5.74, 6) is 2.18. The molecule has 2 rings (SSSR count). The van der Waals surface area contributed by atoms with E-state index in [0.717, 1.165) is 23.3 Å². The van der Waals surface area contributed by atoms with Crippen LogP contribution in [0.5, 0.6) is 5.75 Å². The first kappa shape index (κ1) is 23.9. The molecule has 4 N–H and O–H groups in total. The summed E-state index contributed by atoms with van der Waals surface area (Å²) in [4.78, 5) is 15.5. The highest BCUT2D eigenvalue weighted by molar-refractivity contribution is 14.0. The Labute approximate surface area is 183 Å². The van der Waals surface area contributed by atoms with E-state index in [2.05, 4.69) is 36.2 Å². The number of ether oxygens (including phenoxy) is 1. The fourth-order valence-electron chi connectivity index (χ4n) is 3.03. The van der Waals surface area contributed by atoms with E-state index >= 15 is 0 Å². The number of carbonyl (C=O) groups is 1. The lowest BCUT2D eigenvalue weighted by atomic mass is 10.2. The number of carbonyl (C=O) groups excluding carboxylic acids is 1. The molecule has 0 heterocycles. The lowest BCUT2D eigenvalue weighted by Crippen LogP contribution is -2.42. The third kappa shape index (κ3) is 9.05. The van der Waals surface area contributed by atoms with Crippen molar-refractivity contribution < 1.29 is 9.53 Å². The number of benzene rings is 1. The molecule has 1 aromatic carbocycles. The number of hydrogen-bond donors (Lipinski definition) is 3. The van der Waals surface area contributed by atoms with Gasteiger partial charge >= 0.3 is 0 Å². The topological polar surface area (TPSA) is 88.7 Å². The molecule has 0 aliphatic heterocycles. The molecule has 27 heavy (non-hydrogen) atoms. The molecule has 1 aliphatic rings. The van der Waals surface area contributed by atoms with Gasteiger partial charge in [0.2, 0.25) is 0 Å². The summed E-state index contributed by atoms with van der Waals surface area (Å²) in [6.07, 6.45) is 3.66. The van der Waals surface area contributed by atoms with E-state index in [0.29, 0.717) is 18.3 Å². The van der Waals surface area contributed by atoms with E-state index in [1.54, 1.807) is 0 Å². The maximum Gasteiger partial charge on any atom is 0.255 e. The Morgan fingerprint density at radius 3 is 2.89 bits per heavy atom. The predicted molar refractivity (Wildman–Crippen MR) is 124 cm³/mol. The standard InChI is InChI=1S/C19H30N4O2S.HI/c1-3-21-19(23-15-8-9-17(11-15)26-4-2)22-12-14-6-5-7-16(10-14)25-13-18(20)24;/h5-7,10,15,17H,3-4,8-9,11-13H2,1-2H3,(H2,20,24)(H2,21,22,23);1H. The molecule has 1 saturated carbocycles. The van der Waals surface area contributed by atoms with Crippen molar-refractivity contribution in [3.8, 4) is 5.75 Å². The van der Waals surface area contributed by atoms with Gasteiger partial charge in [-0.2, -0.15) is 11.8 Å². The number of guanidine groups is 1. The van der Waals surface area contributed by atoms with Crippen LogP contribution in [0.1, 0.15) is 38.7 Å². The van der Waals surface area contributed by atoms with E-state index in [4.69, 9.17) is 15.5 Å². The normalized spacial score (nSPS) is 19.3. The van der Waals surface area contributed by atoms with Crippen molar-refractivity contribution in [3.05, 3.63) is 29.8 Å². The van der Waals surface area contributed by atoms with Crippen LogP contribution in [0.4, 0.5) is 0 Å². The number of nitrogens with zero attached hydrogens (tertiary/aromatic N) is 1. The van der Waals surface area contributed by atoms with Gasteiger partial charge in [0.15, 0.2) is 12.6 Å². The minimum atomic E-state index is -0.483. The second kappa shape index (κ2) is 13.1. The molecule has 2 atom stereocenters. The van der Waals surface area contributed by atoms with Gasteiger partial charge in [-0.25, -0.2) is 4.99 Å². The molecular weight excluding hydrogens is 475 g/mol. The molecule has 6 nitrogen and oxygen atoms in total. The van der Waals surface area contributed by atoms with Gasteiger partial charge in [-0.1, -0.05) is 19.1 Å². The van der Waals surface area contributed by atoms with Crippen LogP contribution in [0.3, 0.4) is 0 Å². The Bertz CT molecular complexity index is 615. The second-order valence-corrected chi connectivity index (χ2v) is 7.91. The largest absolute Gasteiger partial charge is 0.484 e. The fraction of sp³-hybridized carbons (Fsp3) is 0.579. The van der Waals surface area contributed by atoms with Crippen LogP contribution in [0.25, 0.3) is 0 Å². The lowest BCUT2D eigenvalue weighted by Gasteiger charge is -2.17. The molecule has 1 amide bonds. The van der Waals surface area contributed by atoms with E-state index in [1.807, 2.05) is 24.3 Å².